The van der Waals surface area contributed by atoms with Crippen LogP contribution in [0.25, 0.3) is 0 Å². The summed E-state index contributed by atoms with van der Waals surface area (Å²) in [6.07, 6.45) is 5.41. The zero-order valence-corrected chi connectivity index (χ0v) is 13.0. The molecule has 1 aliphatic heterocycles. The van der Waals surface area contributed by atoms with Crippen molar-refractivity contribution in [1.29, 1.82) is 0 Å². The van der Waals surface area contributed by atoms with Gasteiger partial charge in [-0.1, -0.05) is 37.5 Å². The normalized spacial score (nSPS) is 22.1. The number of carbonyl (C=O) groups is 2. The zero-order valence-electron chi connectivity index (χ0n) is 13.0. The third-order valence-electron chi connectivity index (χ3n) is 4.93. The van der Waals surface area contributed by atoms with Crippen LogP contribution in [-0.4, -0.2) is 36.9 Å². The summed E-state index contributed by atoms with van der Waals surface area (Å²) >= 11 is 0. The van der Waals surface area contributed by atoms with Gasteiger partial charge in [0.15, 0.2) is 0 Å². The van der Waals surface area contributed by atoms with E-state index in [0.29, 0.717) is 0 Å². The SMILES string of the molecule is CN1C(=O)CN(c2ccccc2C2(N)CCCCC2)CC1=O. The van der Waals surface area contributed by atoms with Crippen LogP contribution in [0.2, 0.25) is 0 Å². The Morgan fingerprint density at radius 3 is 2.23 bits per heavy atom. The zero-order chi connectivity index (χ0) is 15.7. The van der Waals surface area contributed by atoms with Crippen molar-refractivity contribution < 1.29 is 9.59 Å². The van der Waals surface area contributed by atoms with Crippen LogP contribution < -0.4 is 10.6 Å². The van der Waals surface area contributed by atoms with Crippen molar-refractivity contribution in [2.45, 2.75) is 37.6 Å². The van der Waals surface area contributed by atoms with Crippen LogP contribution in [-0.2, 0) is 15.1 Å². The monoisotopic (exact) mass is 301 g/mol. The molecule has 5 heteroatoms. The minimum atomic E-state index is -0.343. The lowest BCUT2D eigenvalue weighted by atomic mass is 9.76. The Hall–Kier alpha value is -1.88. The van der Waals surface area contributed by atoms with E-state index >= 15 is 0 Å². The molecular weight excluding hydrogens is 278 g/mol. The number of hydrogen-bond acceptors (Lipinski definition) is 4. The van der Waals surface area contributed by atoms with Crippen molar-refractivity contribution in [2.75, 3.05) is 25.0 Å². The van der Waals surface area contributed by atoms with Gasteiger partial charge >= 0.3 is 0 Å². The smallest absolute Gasteiger partial charge is 0.248 e. The van der Waals surface area contributed by atoms with Crippen LogP contribution in [0.3, 0.4) is 0 Å². The second kappa shape index (κ2) is 5.72. The molecule has 22 heavy (non-hydrogen) atoms. The van der Waals surface area contributed by atoms with E-state index in [-0.39, 0.29) is 30.4 Å². The molecule has 1 aromatic carbocycles. The van der Waals surface area contributed by atoms with E-state index in [1.54, 1.807) is 7.05 Å². The minimum Gasteiger partial charge on any atom is -0.353 e. The summed E-state index contributed by atoms with van der Waals surface area (Å²) in [7, 11) is 1.54. The number of piperazine rings is 1. The van der Waals surface area contributed by atoms with Gasteiger partial charge in [-0.05, 0) is 24.5 Å². The summed E-state index contributed by atoms with van der Waals surface area (Å²) in [6.45, 7) is 0.463. The number of nitrogens with two attached hydrogens (primary N) is 1. The molecule has 118 valence electrons. The molecule has 2 fully saturated rings. The van der Waals surface area contributed by atoms with Gasteiger partial charge in [0.2, 0.25) is 11.8 Å². The highest BCUT2D eigenvalue weighted by Crippen LogP contribution is 2.39. The van der Waals surface area contributed by atoms with Crippen molar-refractivity contribution in [3.8, 4) is 0 Å². The van der Waals surface area contributed by atoms with Crippen molar-refractivity contribution in [2.24, 2.45) is 5.73 Å². The fourth-order valence-electron chi connectivity index (χ4n) is 3.53. The van der Waals surface area contributed by atoms with Gasteiger partial charge in [0, 0.05) is 18.3 Å². The Labute approximate surface area is 131 Å². The third-order valence-corrected chi connectivity index (χ3v) is 4.93. The number of anilines is 1. The van der Waals surface area contributed by atoms with E-state index in [1.165, 1.54) is 11.3 Å². The first-order valence-corrected chi connectivity index (χ1v) is 7.94. The Bertz CT molecular complexity index is 575. The fraction of sp³-hybridized carbons (Fsp3) is 0.529. The van der Waals surface area contributed by atoms with E-state index < -0.39 is 0 Å². The van der Waals surface area contributed by atoms with Crippen LogP contribution in [0.15, 0.2) is 24.3 Å². The van der Waals surface area contributed by atoms with Crippen molar-refractivity contribution in [3.05, 3.63) is 29.8 Å². The van der Waals surface area contributed by atoms with E-state index in [0.717, 1.165) is 36.9 Å². The second-order valence-electron chi connectivity index (χ2n) is 6.44. The summed E-state index contributed by atoms with van der Waals surface area (Å²) in [5.74, 6) is -0.332. The highest BCUT2D eigenvalue weighted by Gasteiger charge is 2.35. The Balaban J connectivity index is 1.95. The molecule has 2 amide bonds. The van der Waals surface area contributed by atoms with Gasteiger partial charge in [-0.25, -0.2) is 0 Å². The molecule has 1 saturated carbocycles. The van der Waals surface area contributed by atoms with Crippen LogP contribution in [0, 0.1) is 0 Å². The van der Waals surface area contributed by atoms with Crippen molar-refractivity contribution in [1.82, 2.24) is 4.90 Å². The largest absolute Gasteiger partial charge is 0.353 e. The maximum absolute atomic E-state index is 12.0. The summed E-state index contributed by atoms with van der Waals surface area (Å²) in [6, 6.07) is 7.96. The lowest BCUT2D eigenvalue weighted by Crippen LogP contribution is -2.53. The van der Waals surface area contributed by atoms with E-state index in [1.807, 2.05) is 29.2 Å². The molecule has 0 bridgehead atoms. The molecule has 0 atom stereocenters. The molecule has 0 radical (unpaired) electrons. The summed E-state index contributed by atoms with van der Waals surface area (Å²) in [4.78, 5) is 27.0. The van der Waals surface area contributed by atoms with E-state index in [2.05, 4.69) is 0 Å². The van der Waals surface area contributed by atoms with E-state index in [4.69, 9.17) is 5.73 Å². The molecule has 0 aromatic heterocycles. The number of para-hydroxylation sites is 1. The topological polar surface area (TPSA) is 66.6 Å². The molecular formula is C17H23N3O2. The summed E-state index contributed by atoms with van der Waals surface area (Å²) in [5, 5.41) is 0. The van der Waals surface area contributed by atoms with Gasteiger partial charge in [-0.2, -0.15) is 0 Å². The highest BCUT2D eigenvalue weighted by molar-refractivity contribution is 6.02. The van der Waals surface area contributed by atoms with Gasteiger partial charge in [0.25, 0.3) is 0 Å². The molecule has 2 N–H and O–H groups in total. The number of nitrogens with zero attached hydrogens (tertiary/aromatic N) is 2. The number of likely N-dealkylation sites (N-methyl/N-ethyl adjacent to an activating group) is 1. The molecule has 2 aliphatic rings. The quantitative estimate of drug-likeness (QED) is 0.843. The molecule has 0 spiro atoms. The predicted molar refractivity (Wildman–Crippen MR) is 85.4 cm³/mol. The average Bonchev–Trinajstić information content (AvgIpc) is 2.53. The lowest BCUT2D eigenvalue weighted by molar-refractivity contribution is -0.143. The molecule has 1 saturated heterocycles. The Morgan fingerprint density at radius 2 is 1.59 bits per heavy atom. The van der Waals surface area contributed by atoms with Gasteiger partial charge in [0.05, 0.1) is 13.1 Å². The molecule has 0 unspecified atom stereocenters. The molecule has 5 nitrogen and oxygen atoms in total. The van der Waals surface area contributed by atoms with Crippen molar-refractivity contribution in [3.63, 3.8) is 0 Å². The van der Waals surface area contributed by atoms with Crippen LogP contribution >= 0.6 is 0 Å². The number of benzene rings is 1. The summed E-state index contributed by atoms with van der Waals surface area (Å²) < 4.78 is 0. The first-order valence-electron chi connectivity index (χ1n) is 7.94. The van der Waals surface area contributed by atoms with Crippen LogP contribution in [0.1, 0.15) is 37.7 Å². The molecule has 3 rings (SSSR count). The minimum absolute atomic E-state index is 0.166. The molecule has 1 aromatic rings. The Morgan fingerprint density at radius 1 is 1.00 bits per heavy atom. The summed E-state index contributed by atoms with van der Waals surface area (Å²) in [5.41, 5.74) is 8.34. The number of carbonyl (C=O) groups excluding carboxylic acids is 2. The predicted octanol–water partition coefficient (Wildman–Crippen LogP) is 1.61. The van der Waals surface area contributed by atoms with Gasteiger partial charge in [-0.3, -0.25) is 14.5 Å². The maximum Gasteiger partial charge on any atom is 0.248 e. The number of rotatable bonds is 2. The first-order chi connectivity index (χ1) is 10.5. The standard InChI is InChI=1S/C17H23N3O2/c1-19-15(21)11-20(12-16(19)22)14-8-4-3-7-13(14)17(18)9-5-2-6-10-17/h3-4,7-8H,2,5-6,9-12,18H2,1H3. The lowest BCUT2D eigenvalue weighted by Gasteiger charge is -2.39. The average molecular weight is 301 g/mol. The maximum atomic E-state index is 12.0. The second-order valence-corrected chi connectivity index (χ2v) is 6.44. The molecule has 1 aliphatic carbocycles. The third kappa shape index (κ3) is 2.61. The van der Waals surface area contributed by atoms with Gasteiger partial charge in [-0.15, -0.1) is 0 Å². The van der Waals surface area contributed by atoms with Crippen LogP contribution in [0.4, 0.5) is 5.69 Å². The Kier molecular flexibility index (Phi) is 3.91. The number of amides is 2. The van der Waals surface area contributed by atoms with Crippen molar-refractivity contribution >= 4 is 17.5 Å². The number of hydrogen-bond donors (Lipinski definition) is 1. The fourth-order valence-corrected chi connectivity index (χ4v) is 3.53. The molecule has 1 heterocycles. The number of imide groups is 1. The van der Waals surface area contributed by atoms with Crippen LogP contribution in [0.5, 0.6) is 0 Å². The highest BCUT2D eigenvalue weighted by atomic mass is 16.2. The van der Waals surface area contributed by atoms with E-state index in [9.17, 15) is 9.59 Å². The first kappa shape index (κ1) is 15.0. The van der Waals surface area contributed by atoms with Gasteiger partial charge < -0.3 is 10.6 Å². The van der Waals surface area contributed by atoms with Gasteiger partial charge in [0.1, 0.15) is 0 Å².